The Bertz CT molecular complexity index is 888. The average Bonchev–Trinajstić information content (AvgIpc) is 2.48. The Morgan fingerprint density at radius 2 is 1.65 bits per heavy atom. The number of rotatable bonds is 3. The van der Waals surface area contributed by atoms with Gasteiger partial charge in [0, 0.05) is 15.4 Å². The molecule has 0 saturated carbocycles. The molecule has 0 radical (unpaired) electrons. The van der Waals surface area contributed by atoms with Gasteiger partial charge in [0.25, 0.3) is 5.91 Å². The highest BCUT2D eigenvalue weighted by molar-refractivity contribution is 7.99. The number of hydrogen-bond acceptors (Lipinski definition) is 2. The number of aliphatic imine (C=N–C) groups is 1. The molecule has 0 spiro atoms. The number of nitrogens with two attached hydrogens (primary N) is 2. The third-order valence-electron chi connectivity index (χ3n) is 3.64. The van der Waals surface area contributed by atoms with Gasteiger partial charge in [-0.15, -0.1) is 0 Å². The summed E-state index contributed by atoms with van der Waals surface area (Å²) in [5, 5.41) is 0. The smallest absolute Gasteiger partial charge is 0.370 e. The fourth-order valence-electron chi connectivity index (χ4n) is 2.43. The quantitative estimate of drug-likeness (QED) is 0.617. The van der Waals surface area contributed by atoms with Gasteiger partial charge in [-0.3, -0.25) is 4.79 Å². The predicted octanol–water partition coefficient (Wildman–Crippen LogP) is 4.20. The Morgan fingerprint density at radius 1 is 1.00 bits per heavy atom. The van der Waals surface area contributed by atoms with E-state index in [1.165, 1.54) is 6.07 Å². The number of halogens is 3. The van der Waals surface area contributed by atoms with Crippen molar-refractivity contribution in [3.63, 3.8) is 0 Å². The van der Waals surface area contributed by atoms with Gasteiger partial charge < -0.3 is 11.5 Å². The van der Waals surface area contributed by atoms with Crippen LogP contribution in [-0.2, 0) is 6.18 Å². The number of hydrogen-bond donors (Lipinski definition) is 2. The van der Waals surface area contributed by atoms with Crippen LogP contribution in [0.3, 0.4) is 0 Å². The van der Waals surface area contributed by atoms with Crippen LogP contribution in [0.25, 0.3) is 0 Å². The summed E-state index contributed by atoms with van der Waals surface area (Å²) in [6, 6.07) is 7.66. The highest BCUT2D eigenvalue weighted by atomic mass is 32.2. The van der Waals surface area contributed by atoms with Crippen LogP contribution in [0.1, 0.15) is 32.6 Å². The summed E-state index contributed by atoms with van der Waals surface area (Å²) in [5.41, 5.74) is 11.5. The number of alkyl halides is 3. The zero-order valence-corrected chi connectivity index (χ0v) is 15.3. The number of carbonyl (C=O) groups is 1. The molecule has 8 heteroatoms. The van der Waals surface area contributed by atoms with Crippen LogP contribution in [0.2, 0.25) is 0 Å². The van der Waals surface area contributed by atoms with Crippen molar-refractivity contribution in [2.45, 2.75) is 36.7 Å². The molecule has 0 fully saturated rings. The normalized spacial score (nSPS) is 11.3. The van der Waals surface area contributed by atoms with E-state index in [1.807, 2.05) is 26.0 Å². The molecule has 2 rings (SSSR count). The summed E-state index contributed by atoms with van der Waals surface area (Å²) in [5.74, 6) is -1.41. The van der Waals surface area contributed by atoms with Crippen molar-refractivity contribution in [3.05, 3.63) is 58.1 Å². The molecule has 4 nitrogen and oxygen atoms in total. The second-order valence-corrected chi connectivity index (χ2v) is 6.96. The fourth-order valence-corrected chi connectivity index (χ4v) is 3.54. The van der Waals surface area contributed by atoms with Gasteiger partial charge in [0.1, 0.15) is 0 Å². The van der Waals surface area contributed by atoms with E-state index in [1.54, 1.807) is 13.0 Å². The first-order chi connectivity index (χ1) is 12.0. The van der Waals surface area contributed by atoms with Gasteiger partial charge in [-0.25, -0.2) is 0 Å². The standard InChI is InChI=1S/C18H18F3N3OS/c1-9-4-5-14(11(3)6-9)26-15-7-10(2)12(16(25)24-17(22)23)8-13(15)18(19,20)21/h4-8H,1-3H3,(H4,22,23,24,25). The molecule has 2 aromatic rings. The lowest BCUT2D eigenvalue weighted by Crippen LogP contribution is -2.24. The molecule has 26 heavy (non-hydrogen) atoms. The average molecular weight is 381 g/mol. The van der Waals surface area contributed by atoms with E-state index < -0.39 is 23.6 Å². The monoisotopic (exact) mass is 381 g/mol. The van der Waals surface area contributed by atoms with Gasteiger partial charge in [0.15, 0.2) is 5.96 Å². The van der Waals surface area contributed by atoms with Crippen LogP contribution in [0, 0.1) is 20.8 Å². The van der Waals surface area contributed by atoms with Crippen molar-refractivity contribution < 1.29 is 18.0 Å². The summed E-state index contributed by atoms with van der Waals surface area (Å²) in [6.45, 7) is 5.30. The molecular formula is C18H18F3N3OS. The van der Waals surface area contributed by atoms with Crippen molar-refractivity contribution >= 4 is 23.6 Å². The van der Waals surface area contributed by atoms with Gasteiger partial charge in [0.05, 0.1) is 5.56 Å². The Balaban J connectivity index is 2.57. The van der Waals surface area contributed by atoms with Crippen molar-refractivity contribution in [2.75, 3.05) is 0 Å². The molecule has 0 aliphatic carbocycles. The molecular weight excluding hydrogens is 363 g/mol. The van der Waals surface area contributed by atoms with Crippen LogP contribution in [0.4, 0.5) is 13.2 Å². The lowest BCUT2D eigenvalue weighted by atomic mass is 10.0. The minimum Gasteiger partial charge on any atom is -0.370 e. The van der Waals surface area contributed by atoms with Gasteiger partial charge in [0.2, 0.25) is 0 Å². The van der Waals surface area contributed by atoms with Gasteiger partial charge in [-0.1, -0.05) is 29.5 Å². The molecule has 138 valence electrons. The molecule has 0 aliphatic rings. The Kier molecular flexibility index (Phi) is 5.65. The summed E-state index contributed by atoms with van der Waals surface area (Å²) in [4.78, 5) is 16.1. The first-order valence-electron chi connectivity index (χ1n) is 7.60. The Labute approximate surface area is 153 Å². The summed E-state index contributed by atoms with van der Waals surface area (Å²) in [6.07, 6.45) is -4.62. The molecule has 0 aromatic heterocycles. The van der Waals surface area contributed by atoms with Crippen molar-refractivity contribution in [3.8, 4) is 0 Å². The van der Waals surface area contributed by atoms with E-state index in [9.17, 15) is 18.0 Å². The maximum absolute atomic E-state index is 13.5. The Morgan fingerprint density at radius 3 is 2.19 bits per heavy atom. The van der Waals surface area contributed by atoms with Crippen LogP contribution < -0.4 is 11.5 Å². The molecule has 2 aromatic carbocycles. The maximum Gasteiger partial charge on any atom is 0.417 e. The van der Waals surface area contributed by atoms with Crippen molar-refractivity contribution in [1.82, 2.24) is 0 Å². The van der Waals surface area contributed by atoms with E-state index >= 15 is 0 Å². The van der Waals surface area contributed by atoms with E-state index in [-0.39, 0.29) is 10.5 Å². The van der Waals surface area contributed by atoms with Crippen LogP contribution in [-0.4, -0.2) is 11.9 Å². The second-order valence-electron chi connectivity index (χ2n) is 5.87. The number of benzene rings is 2. The molecule has 0 saturated heterocycles. The minimum absolute atomic E-state index is 0.0169. The summed E-state index contributed by atoms with van der Waals surface area (Å²) in [7, 11) is 0. The van der Waals surface area contributed by atoms with Crippen LogP contribution >= 0.6 is 11.8 Å². The molecule has 4 N–H and O–H groups in total. The third-order valence-corrected chi connectivity index (χ3v) is 4.88. The molecule has 0 heterocycles. The SMILES string of the molecule is Cc1ccc(Sc2cc(C)c(C(=O)N=C(N)N)cc2C(F)(F)F)c(C)c1. The summed E-state index contributed by atoms with van der Waals surface area (Å²) >= 11 is 1.01. The largest absolute Gasteiger partial charge is 0.417 e. The topological polar surface area (TPSA) is 81.5 Å². The van der Waals surface area contributed by atoms with Gasteiger partial charge in [-0.05, 0) is 50.1 Å². The lowest BCUT2D eigenvalue weighted by molar-refractivity contribution is -0.139. The maximum atomic E-state index is 13.5. The minimum atomic E-state index is -4.62. The highest BCUT2D eigenvalue weighted by Crippen LogP contribution is 2.42. The first kappa shape index (κ1) is 19.8. The van der Waals surface area contributed by atoms with Crippen molar-refractivity contribution in [2.24, 2.45) is 16.5 Å². The van der Waals surface area contributed by atoms with Gasteiger partial charge >= 0.3 is 6.18 Å². The van der Waals surface area contributed by atoms with E-state index in [4.69, 9.17) is 11.5 Å². The number of nitrogens with zero attached hydrogens (tertiary/aromatic N) is 1. The molecule has 0 atom stereocenters. The third kappa shape index (κ3) is 4.57. The second kappa shape index (κ2) is 7.41. The van der Waals surface area contributed by atoms with E-state index in [2.05, 4.69) is 4.99 Å². The molecule has 0 bridgehead atoms. The van der Waals surface area contributed by atoms with Crippen LogP contribution in [0.15, 0.2) is 45.1 Å². The number of amides is 1. The van der Waals surface area contributed by atoms with E-state index in [0.29, 0.717) is 10.5 Å². The summed E-state index contributed by atoms with van der Waals surface area (Å²) < 4.78 is 40.6. The first-order valence-corrected chi connectivity index (χ1v) is 8.41. The zero-order valence-electron chi connectivity index (χ0n) is 14.4. The Hall–Kier alpha value is -2.48. The molecule has 1 amide bonds. The molecule has 0 unspecified atom stereocenters. The van der Waals surface area contributed by atoms with Crippen molar-refractivity contribution in [1.29, 1.82) is 0 Å². The van der Waals surface area contributed by atoms with Gasteiger partial charge in [-0.2, -0.15) is 18.2 Å². The molecule has 0 aliphatic heterocycles. The number of carbonyl (C=O) groups excluding carboxylic acids is 1. The fraction of sp³-hybridized carbons (Fsp3) is 0.222. The lowest BCUT2D eigenvalue weighted by Gasteiger charge is -2.16. The van der Waals surface area contributed by atoms with Crippen LogP contribution in [0.5, 0.6) is 0 Å². The number of guanidine groups is 1. The van der Waals surface area contributed by atoms with E-state index in [0.717, 1.165) is 29.0 Å². The highest BCUT2D eigenvalue weighted by Gasteiger charge is 2.35. The predicted molar refractivity (Wildman–Crippen MR) is 96.4 cm³/mol. The number of aryl methyl sites for hydroxylation is 3. The zero-order chi connectivity index (χ0) is 19.6.